The van der Waals surface area contributed by atoms with Crippen molar-refractivity contribution in [3.63, 3.8) is 0 Å². The molecule has 0 aromatic carbocycles. The van der Waals surface area contributed by atoms with E-state index < -0.39 is 0 Å². The third-order valence-corrected chi connectivity index (χ3v) is 3.26. The van der Waals surface area contributed by atoms with Crippen LogP contribution in [0, 0.1) is 13.8 Å². The maximum atomic E-state index is 11.9. The molecular weight excluding hydrogens is 218 g/mol. The van der Waals surface area contributed by atoms with E-state index in [0.29, 0.717) is 0 Å². The third-order valence-electron chi connectivity index (χ3n) is 3.26. The fourth-order valence-electron chi connectivity index (χ4n) is 2.40. The van der Waals surface area contributed by atoms with Crippen LogP contribution in [0.1, 0.15) is 42.8 Å². The molecule has 1 aliphatic heterocycles. The minimum atomic E-state index is -0.0591. The van der Waals surface area contributed by atoms with Crippen molar-refractivity contribution >= 4 is 5.91 Å². The van der Waals surface area contributed by atoms with Crippen LogP contribution < -0.4 is 10.6 Å². The van der Waals surface area contributed by atoms with Gasteiger partial charge in [-0.2, -0.15) is 0 Å². The van der Waals surface area contributed by atoms with Crippen molar-refractivity contribution in [2.45, 2.75) is 45.7 Å². The highest BCUT2D eigenvalue weighted by Crippen LogP contribution is 2.21. The second-order valence-electron chi connectivity index (χ2n) is 4.62. The van der Waals surface area contributed by atoms with Crippen molar-refractivity contribution in [1.29, 1.82) is 0 Å². The molecule has 0 spiro atoms. The molecule has 2 N–H and O–H groups in total. The van der Waals surface area contributed by atoms with Crippen molar-refractivity contribution in [3.05, 3.63) is 17.0 Å². The van der Waals surface area contributed by atoms with Crippen LogP contribution >= 0.6 is 0 Å². The molecule has 1 unspecified atom stereocenters. The first kappa shape index (κ1) is 12.1. The molecule has 1 aliphatic rings. The summed E-state index contributed by atoms with van der Waals surface area (Å²) in [5.41, 5.74) is 1.83. The van der Waals surface area contributed by atoms with Crippen molar-refractivity contribution in [2.24, 2.45) is 0 Å². The number of nitrogens with one attached hydrogen (secondary N) is 2. The van der Waals surface area contributed by atoms with Crippen LogP contribution in [0.2, 0.25) is 0 Å². The highest BCUT2D eigenvalue weighted by atomic mass is 16.5. The van der Waals surface area contributed by atoms with Crippen molar-refractivity contribution in [1.82, 2.24) is 15.8 Å². The summed E-state index contributed by atoms with van der Waals surface area (Å²) in [7, 11) is 0. The molecule has 2 heterocycles. The fourth-order valence-corrected chi connectivity index (χ4v) is 2.40. The molecule has 2 rings (SSSR count). The van der Waals surface area contributed by atoms with Gasteiger partial charge in [-0.15, -0.1) is 0 Å². The molecular formula is C12H19N3O2. The Bertz CT molecular complexity index is 388. The molecule has 1 aromatic heterocycles. The zero-order valence-electron chi connectivity index (χ0n) is 10.5. The van der Waals surface area contributed by atoms with E-state index in [9.17, 15) is 4.79 Å². The third kappa shape index (κ3) is 2.49. The first-order chi connectivity index (χ1) is 8.09. The van der Waals surface area contributed by atoms with Crippen LogP contribution in [-0.4, -0.2) is 23.7 Å². The second-order valence-corrected chi connectivity index (χ2v) is 4.62. The van der Waals surface area contributed by atoms with Gasteiger partial charge in [-0.1, -0.05) is 5.16 Å². The summed E-state index contributed by atoms with van der Waals surface area (Å²) in [6.45, 7) is 6.64. The summed E-state index contributed by atoms with van der Waals surface area (Å²) in [6, 6.07) is -0.103. The van der Waals surface area contributed by atoms with E-state index >= 15 is 0 Å². The lowest BCUT2D eigenvalue weighted by atomic mass is 10.1. The molecule has 0 bridgehead atoms. The summed E-state index contributed by atoms with van der Waals surface area (Å²) in [5.74, 6) is 0.838. The predicted octanol–water partition coefficient (Wildman–Crippen LogP) is 1.22. The van der Waals surface area contributed by atoms with E-state index in [-0.39, 0.29) is 18.0 Å². The molecule has 0 saturated carbocycles. The van der Waals surface area contributed by atoms with E-state index in [1.54, 1.807) is 0 Å². The number of carbonyl (C=O) groups excluding carboxylic acids is 1. The lowest BCUT2D eigenvalue weighted by Crippen LogP contribution is -2.41. The minimum absolute atomic E-state index is 0.0436. The largest absolute Gasteiger partial charge is 0.361 e. The van der Waals surface area contributed by atoms with E-state index in [0.717, 1.165) is 36.4 Å². The minimum Gasteiger partial charge on any atom is -0.361 e. The maximum absolute atomic E-state index is 11.9. The fraction of sp³-hybridized carbons (Fsp3) is 0.667. The van der Waals surface area contributed by atoms with E-state index in [4.69, 9.17) is 4.52 Å². The Morgan fingerprint density at radius 3 is 2.88 bits per heavy atom. The zero-order valence-corrected chi connectivity index (χ0v) is 10.5. The summed E-state index contributed by atoms with van der Waals surface area (Å²) < 4.78 is 5.11. The number of nitrogens with zero attached hydrogens (tertiary/aromatic N) is 1. The lowest BCUT2D eigenvalue weighted by molar-refractivity contribution is -0.123. The average Bonchev–Trinajstić information content (AvgIpc) is 2.88. The molecule has 17 heavy (non-hydrogen) atoms. The first-order valence-corrected chi connectivity index (χ1v) is 6.06. The van der Waals surface area contributed by atoms with Gasteiger partial charge in [0.15, 0.2) is 0 Å². The van der Waals surface area contributed by atoms with Crippen LogP contribution in [0.25, 0.3) is 0 Å². The lowest BCUT2D eigenvalue weighted by Gasteiger charge is -2.17. The summed E-state index contributed by atoms with van der Waals surface area (Å²) in [6.07, 6.45) is 1.98. The maximum Gasteiger partial charge on any atom is 0.237 e. The quantitative estimate of drug-likeness (QED) is 0.829. The molecule has 2 atom stereocenters. The number of aryl methyl sites for hydroxylation is 2. The van der Waals surface area contributed by atoms with E-state index in [2.05, 4.69) is 15.8 Å². The predicted molar refractivity (Wildman–Crippen MR) is 63.6 cm³/mol. The summed E-state index contributed by atoms with van der Waals surface area (Å²) >= 11 is 0. The molecule has 5 nitrogen and oxygen atoms in total. The monoisotopic (exact) mass is 237 g/mol. The van der Waals surface area contributed by atoms with Crippen LogP contribution in [0.4, 0.5) is 0 Å². The van der Waals surface area contributed by atoms with Crippen LogP contribution in [0.5, 0.6) is 0 Å². The zero-order chi connectivity index (χ0) is 12.4. The smallest absolute Gasteiger partial charge is 0.237 e. The molecule has 1 amide bonds. The number of hydrogen-bond acceptors (Lipinski definition) is 4. The Hall–Kier alpha value is -1.36. The van der Waals surface area contributed by atoms with Gasteiger partial charge < -0.3 is 15.2 Å². The molecule has 1 aromatic rings. The number of amides is 1. The van der Waals surface area contributed by atoms with Gasteiger partial charge in [-0.25, -0.2) is 0 Å². The van der Waals surface area contributed by atoms with Crippen molar-refractivity contribution in [3.8, 4) is 0 Å². The van der Waals surface area contributed by atoms with E-state index in [1.165, 1.54) is 0 Å². The van der Waals surface area contributed by atoms with Crippen molar-refractivity contribution in [2.75, 3.05) is 6.54 Å². The van der Waals surface area contributed by atoms with Gasteiger partial charge in [0.2, 0.25) is 5.91 Å². The average molecular weight is 237 g/mol. The van der Waals surface area contributed by atoms with E-state index in [1.807, 2.05) is 20.8 Å². The van der Waals surface area contributed by atoms with Gasteiger partial charge in [0.25, 0.3) is 0 Å². The van der Waals surface area contributed by atoms with Gasteiger partial charge in [-0.3, -0.25) is 4.79 Å². The molecule has 94 valence electrons. The topological polar surface area (TPSA) is 67.2 Å². The standard InChI is InChI=1S/C12H19N3O2/c1-7(11-8(2)15-17-9(11)3)14-12(16)10-5-4-6-13-10/h7,10,13H,4-6H2,1-3H3,(H,14,16)/t7?,10-/m0/s1. The number of aromatic nitrogens is 1. The highest BCUT2D eigenvalue weighted by Gasteiger charge is 2.25. The Balaban J connectivity index is 2.01. The molecule has 0 radical (unpaired) electrons. The van der Waals surface area contributed by atoms with Crippen LogP contribution in [-0.2, 0) is 4.79 Å². The molecule has 0 aliphatic carbocycles. The van der Waals surface area contributed by atoms with Gasteiger partial charge in [0.1, 0.15) is 5.76 Å². The molecule has 5 heteroatoms. The van der Waals surface area contributed by atoms with Gasteiger partial charge in [-0.05, 0) is 40.2 Å². The van der Waals surface area contributed by atoms with Gasteiger partial charge >= 0.3 is 0 Å². The van der Waals surface area contributed by atoms with Gasteiger partial charge in [0, 0.05) is 5.56 Å². The SMILES string of the molecule is Cc1noc(C)c1C(C)NC(=O)[C@@H]1CCCN1. The molecule has 1 fully saturated rings. The highest BCUT2D eigenvalue weighted by molar-refractivity contribution is 5.82. The number of hydrogen-bond donors (Lipinski definition) is 2. The normalized spacial score (nSPS) is 21.5. The number of carbonyl (C=O) groups is 1. The van der Waals surface area contributed by atoms with Crippen LogP contribution in [0.3, 0.4) is 0 Å². The van der Waals surface area contributed by atoms with Crippen molar-refractivity contribution < 1.29 is 9.32 Å². The Morgan fingerprint density at radius 1 is 1.59 bits per heavy atom. The first-order valence-electron chi connectivity index (χ1n) is 6.06. The van der Waals surface area contributed by atoms with Gasteiger partial charge in [0.05, 0.1) is 17.8 Å². The Labute approximate surface area is 101 Å². The Morgan fingerprint density at radius 2 is 2.35 bits per heavy atom. The summed E-state index contributed by atoms with van der Waals surface area (Å²) in [4.78, 5) is 11.9. The second kappa shape index (κ2) is 4.87. The molecule has 1 saturated heterocycles. The van der Waals surface area contributed by atoms with Crippen LogP contribution in [0.15, 0.2) is 4.52 Å². The number of rotatable bonds is 3. The Kier molecular flexibility index (Phi) is 3.47. The summed E-state index contributed by atoms with van der Waals surface area (Å²) in [5, 5.41) is 10.1.